The van der Waals surface area contributed by atoms with E-state index in [0.29, 0.717) is 0 Å². The molecule has 0 saturated heterocycles. The van der Waals surface area contributed by atoms with Gasteiger partial charge in [-0.05, 0) is 18.8 Å². The van der Waals surface area contributed by atoms with Crippen LogP contribution in [-0.2, 0) is 4.79 Å². The largest absolute Gasteiger partial charge is 0.478 e. The molecular weight excluding hydrogens is 224 g/mol. The predicted molar refractivity (Wildman–Crippen MR) is 77.8 cm³/mol. The van der Waals surface area contributed by atoms with Crippen LogP contribution in [0.15, 0.2) is 12.2 Å². The van der Waals surface area contributed by atoms with Gasteiger partial charge in [0.05, 0.1) is 0 Å². The lowest BCUT2D eigenvalue weighted by atomic mass is 10.0. The second-order valence-corrected chi connectivity index (χ2v) is 5.54. The molecule has 2 nitrogen and oxygen atoms in total. The van der Waals surface area contributed by atoms with Gasteiger partial charge in [-0.2, -0.15) is 0 Å². The predicted octanol–water partition coefficient (Wildman–Crippen LogP) is 5.18. The van der Waals surface area contributed by atoms with E-state index in [0.717, 1.165) is 18.8 Å². The van der Waals surface area contributed by atoms with Crippen molar-refractivity contribution in [3.05, 3.63) is 12.2 Å². The highest BCUT2D eigenvalue weighted by Crippen LogP contribution is 2.13. The maximum atomic E-state index is 10.2. The highest BCUT2D eigenvalue weighted by atomic mass is 16.4. The molecule has 0 atom stereocenters. The molecule has 0 aliphatic heterocycles. The second kappa shape index (κ2) is 12.7. The van der Waals surface area contributed by atoms with Gasteiger partial charge >= 0.3 is 5.97 Å². The lowest BCUT2D eigenvalue weighted by molar-refractivity contribution is -0.131. The molecule has 2 heteroatoms. The minimum absolute atomic E-state index is 0.837. The fourth-order valence-corrected chi connectivity index (χ4v) is 2.06. The van der Waals surface area contributed by atoms with Crippen LogP contribution in [0, 0.1) is 5.92 Å². The maximum absolute atomic E-state index is 10.2. The van der Waals surface area contributed by atoms with Gasteiger partial charge in [-0.3, -0.25) is 0 Å². The van der Waals surface area contributed by atoms with Gasteiger partial charge < -0.3 is 5.11 Å². The first kappa shape index (κ1) is 17.2. The van der Waals surface area contributed by atoms with E-state index in [9.17, 15) is 4.79 Å². The zero-order valence-corrected chi connectivity index (χ0v) is 12.2. The molecular formula is C16H30O2. The fourth-order valence-electron chi connectivity index (χ4n) is 2.06. The van der Waals surface area contributed by atoms with Crippen molar-refractivity contribution >= 4 is 5.97 Å². The Hall–Kier alpha value is -0.790. The standard InChI is InChI=1S/C16H30O2/c1-15(2)13-11-9-7-5-3-4-6-8-10-12-14-16(17)18/h12,14-15H,3-11,13H2,1-2H3,(H,17,18). The van der Waals surface area contributed by atoms with Gasteiger partial charge in [0.25, 0.3) is 0 Å². The van der Waals surface area contributed by atoms with E-state index in [1.165, 1.54) is 57.4 Å². The quantitative estimate of drug-likeness (QED) is 0.384. The van der Waals surface area contributed by atoms with Crippen LogP contribution in [0.5, 0.6) is 0 Å². The zero-order valence-electron chi connectivity index (χ0n) is 12.2. The minimum Gasteiger partial charge on any atom is -0.478 e. The summed E-state index contributed by atoms with van der Waals surface area (Å²) in [6.07, 6.45) is 15.8. The molecule has 0 aromatic heterocycles. The molecule has 106 valence electrons. The normalized spacial score (nSPS) is 11.5. The van der Waals surface area contributed by atoms with Gasteiger partial charge in [0, 0.05) is 6.08 Å². The molecule has 1 N–H and O–H groups in total. The summed E-state index contributed by atoms with van der Waals surface area (Å²) < 4.78 is 0. The Morgan fingerprint density at radius 2 is 1.44 bits per heavy atom. The van der Waals surface area contributed by atoms with Crippen LogP contribution < -0.4 is 0 Å². The van der Waals surface area contributed by atoms with Crippen LogP contribution in [0.2, 0.25) is 0 Å². The number of carboxylic acid groups (broad SMARTS) is 1. The molecule has 0 aliphatic carbocycles. The smallest absolute Gasteiger partial charge is 0.327 e. The van der Waals surface area contributed by atoms with Crippen LogP contribution in [-0.4, -0.2) is 11.1 Å². The zero-order chi connectivity index (χ0) is 13.6. The van der Waals surface area contributed by atoms with Crippen molar-refractivity contribution in [2.75, 3.05) is 0 Å². The average molecular weight is 254 g/mol. The van der Waals surface area contributed by atoms with E-state index < -0.39 is 5.97 Å². The summed E-state index contributed by atoms with van der Waals surface area (Å²) in [5.74, 6) is 0.0141. The van der Waals surface area contributed by atoms with Gasteiger partial charge in [-0.15, -0.1) is 0 Å². The van der Waals surface area contributed by atoms with Gasteiger partial charge in [-0.25, -0.2) is 4.79 Å². The topological polar surface area (TPSA) is 37.3 Å². The SMILES string of the molecule is CC(C)CCCCCCCCCCC=CC(=O)O. The number of unbranched alkanes of at least 4 members (excludes halogenated alkanes) is 8. The third-order valence-corrected chi connectivity index (χ3v) is 3.16. The molecule has 0 saturated carbocycles. The summed E-state index contributed by atoms with van der Waals surface area (Å²) >= 11 is 0. The number of carbonyl (C=O) groups is 1. The molecule has 0 fully saturated rings. The Morgan fingerprint density at radius 3 is 1.94 bits per heavy atom. The summed E-state index contributed by atoms with van der Waals surface area (Å²) in [4.78, 5) is 10.2. The van der Waals surface area contributed by atoms with Crippen LogP contribution in [0.1, 0.15) is 78.1 Å². The number of allylic oxidation sites excluding steroid dienone is 1. The Bertz CT molecular complexity index is 219. The van der Waals surface area contributed by atoms with Crippen molar-refractivity contribution in [3.63, 3.8) is 0 Å². The molecule has 0 radical (unpaired) electrons. The summed E-state index contributed by atoms with van der Waals surface area (Å²) in [5.41, 5.74) is 0. The van der Waals surface area contributed by atoms with Crippen molar-refractivity contribution in [1.82, 2.24) is 0 Å². The number of carboxylic acids is 1. The average Bonchev–Trinajstić information content (AvgIpc) is 2.29. The summed E-state index contributed by atoms with van der Waals surface area (Å²) in [7, 11) is 0. The molecule has 0 bridgehead atoms. The molecule has 0 rings (SSSR count). The molecule has 0 unspecified atom stereocenters. The van der Waals surface area contributed by atoms with Crippen LogP contribution in [0.3, 0.4) is 0 Å². The number of aliphatic carboxylic acids is 1. The third-order valence-electron chi connectivity index (χ3n) is 3.16. The summed E-state index contributed by atoms with van der Waals surface area (Å²) in [6, 6.07) is 0. The van der Waals surface area contributed by atoms with Gasteiger partial charge in [0.15, 0.2) is 0 Å². The number of rotatable bonds is 12. The minimum atomic E-state index is -0.837. The Kier molecular flexibility index (Phi) is 12.1. The van der Waals surface area contributed by atoms with Crippen molar-refractivity contribution in [1.29, 1.82) is 0 Å². The van der Waals surface area contributed by atoms with E-state index in [1.807, 2.05) is 0 Å². The van der Waals surface area contributed by atoms with E-state index in [4.69, 9.17) is 5.11 Å². The first-order chi connectivity index (χ1) is 8.63. The molecule has 0 aromatic rings. The van der Waals surface area contributed by atoms with Crippen molar-refractivity contribution in [2.24, 2.45) is 5.92 Å². The van der Waals surface area contributed by atoms with E-state index in [-0.39, 0.29) is 0 Å². The Labute approximate surface area is 112 Å². The Balaban J connectivity index is 3.05. The lowest BCUT2D eigenvalue weighted by Gasteiger charge is -2.04. The van der Waals surface area contributed by atoms with Crippen LogP contribution in [0.25, 0.3) is 0 Å². The first-order valence-electron chi connectivity index (χ1n) is 7.52. The van der Waals surface area contributed by atoms with E-state index >= 15 is 0 Å². The van der Waals surface area contributed by atoms with Crippen LogP contribution >= 0.6 is 0 Å². The van der Waals surface area contributed by atoms with Gasteiger partial charge in [0.2, 0.25) is 0 Å². The van der Waals surface area contributed by atoms with Crippen LogP contribution in [0.4, 0.5) is 0 Å². The molecule has 0 spiro atoms. The first-order valence-corrected chi connectivity index (χ1v) is 7.52. The van der Waals surface area contributed by atoms with E-state index in [1.54, 1.807) is 6.08 Å². The van der Waals surface area contributed by atoms with E-state index in [2.05, 4.69) is 13.8 Å². The van der Waals surface area contributed by atoms with Crippen molar-refractivity contribution < 1.29 is 9.90 Å². The number of hydrogen-bond acceptors (Lipinski definition) is 1. The van der Waals surface area contributed by atoms with Gasteiger partial charge in [0.1, 0.15) is 0 Å². The molecule has 0 aliphatic rings. The van der Waals surface area contributed by atoms with Gasteiger partial charge in [-0.1, -0.05) is 71.3 Å². The monoisotopic (exact) mass is 254 g/mol. The second-order valence-electron chi connectivity index (χ2n) is 5.54. The number of hydrogen-bond donors (Lipinski definition) is 1. The molecule has 18 heavy (non-hydrogen) atoms. The summed E-state index contributed by atoms with van der Waals surface area (Å²) in [6.45, 7) is 4.58. The van der Waals surface area contributed by atoms with Crippen molar-refractivity contribution in [2.45, 2.75) is 78.1 Å². The lowest BCUT2D eigenvalue weighted by Crippen LogP contribution is -1.87. The molecule has 0 amide bonds. The Morgan fingerprint density at radius 1 is 0.944 bits per heavy atom. The molecule has 0 heterocycles. The van der Waals surface area contributed by atoms with Crippen molar-refractivity contribution in [3.8, 4) is 0 Å². The fraction of sp³-hybridized carbons (Fsp3) is 0.812. The summed E-state index contributed by atoms with van der Waals surface area (Å²) in [5, 5.41) is 8.40. The molecule has 0 aromatic carbocycles. The third kappa shape index (κ3) is 15.2. The maximum Gasteiger partial charge on any atom is 0.327 e. The highest BCUT2D eigenvalue weighted by Gasteiger charge is 1.95. The highest BCUT2D eigenvalue weighted by molar-refractivity contribution is 5.79.